The quantitative estimate of drug-likeness (QED) is 0.760. The van der Waals surface area contributed by atoms with Gasteiger partial charge in [0.1, 0.15) is 16.0 Å². The highest BCUT2D eigenvalue weighted by Crippen LogP contribution is 2.27. The average Bonchev–Trinajstić information content (AvgIpc) is 2.92. The Morgan fingerprint density at radius 3 is 2.45 bits per heavy atom. The van der Waals surface area contributed by atoms with Crippen LogP contribution in [0.2, 0.25) is 0 Å². The second-order valence-corrected chi connectivity index (χ2v) is 8.58. The molecule has 0 aliphatic rings. The molecule has 0 fully saturated rings. The van der Waals surface area contributed by atoms with Crippen molar-refractivity contribution in [1.82, 2.24) is 4.98 Å². The monoisotopic (exact) mass is 342 g/mol. The molecule has 2 aromatic rings. The maximum absolute atomic E-state index is 12.5. The van der Waals surface area contributed by atoms with Crippen LogP contribution in [0.1, 0.15) is 37.6 Å². The number of alkyl halides is 2. The normalized spacial score (nSPS) is 13.9. The van der Waals surface area contributed by atoms with Crippen LogP contribution in [0.15, 0.2) is 34.9 Å². The highest BCUT2D eigenvalue weighted by atomic mass is 32.2. The maximum Gasteiger partial charge on any atom is 0.263 e. The largest absolute Gasteiger partial charge is 0.263 e. The van der Waals surface area contributed by atoms with Gasteiger partial charge in [-0.1, -0.05) is 24.3 Å². The molecule has 0 aliphatic heterocycles. The minimum atomic E-state index is -2.47. The number of nitrogens with zero attached hydrogens (tertiary/aromatic N) is 2. The minimum Gasteiger partial charge on any atom is -0.244 e. The molecule has 3 nitrogen and oxygen atoms in total. The summed E-state index contributed by atoms with van der Waals surface area (Å²) in [5.41, 5.74) is 0.758. The Morgan fingerprint density at radius 2 is 1.91 bits per heavy atom. The van der Waals surface area contributed by atoms with Crippen LogP contribution in [0.4, 0.5) is 8.78 Å². The third-order valence-corrected chi connectivity index (χ3v) is 5.06. The van der Waals surface area contributed by atoms with Gasteiger partial charge in [0.15, 0.2) is 0 Å². The summed E-state index contributed by atoms with van der Waals surface area (Å²) < 4.78 is 40.5. The molecular formula is C15H16F2N2OS2. The van der Waals surface area contributed by atoms with Gasteiger partial charge in [0.05, 0.1) is 15.8 Å². The van der Waals surface area contributed by atoms with Crippen LogP contribution in [-0.2, 0) is 11.0 Å². The van der Waals surface area contributed by atoms with E-state index >= 15 is 0 Å². The van der Waals surface area contributed by atoms with Crippen molar-refractivity contribution in [2.75, 3.05) is 0 Å². The smallest absolute Gasteiger partial charge is 0.244 e. The first-order valence-electron chi connectivity index (χ1n) is 6.58. The van der Waals surface area contributed by atoms with Gasteiger partial charge >= 0.3 is 0 Å². The van der Waals surface area contributed by atoms with E-state index in [0.717, 1.165) is 10.4 Å². The Balaban J connectivity index is 2.14. The van der Waals surface area contributed by atoms with Crippen LogP contribution >= 0.6 is 11.3 Å². The highest BCUT2D eigenvalue weighted by molar-refractivity contribution is 7.85. The summed E-state index contributed by atoms with van der Waals surface area (Å²) in [6.45, 7) is 5.55. The summed E-state index contributed by atoms with van der Waals surface area (Å²) in [6.07, 6.45) is 0.695. The lowest BCUT2D eigenvalue weighted by Gasteiger charge is -2.12. The van der Waals surface area contributed by atoms with E-state index in [0.29, 0.717) is 5.01 Å². The molecule has 1 unspecified atom stereocenters. The first-order chi connectivity index (χ1) is 10.3. The van der Waals surface area contributed by atoms with E-state index in [9.17, 15) is 13.0 Å². The number of halogens is 2. The van der Waals surface area contributed by atoms with Gasteiger partial charge in [-0.2, -0.15) is 4.40 Å². The van der Waals surface area contributed by atoms with Gasteiger partial charge in [0.2, 0.25) is 0 Å². The lowest BCUT2D eigenvalue weighted by molar-refractivity contribution is 0.151. The van der Waals surface area contributed by atoms with Gasteiger partial charge in [0.25, 0.3) is 6.43 Å². The van der Waals surface area contributed by atoms with Gasteiger partial charge in [0, 0.05) is 17.3 Å². The average molecular weight is 342 g/mol. The van der Waals surface area contributed by atoms with Crippen molar-refractivity contribution in [3.8, 4) is 10.6 Å². The fourth-order valence-electron chi connectivity index (χ4n) is 1.51. The molecule has 0 saturated heterocycles. The molecule has 0 spiro atoms. The lowest BCUT2D eigenvalue weighted by atomic mass is 10.1. The van der Waals surface area contributed by atoms with Crippen molar-refractivity contribution in [2.24, 2.45) is 4.40 Å². The highest BCUT2D eigenvalue weighted by Gasteiger charge is 2.18. The van der Waals surface area contributed by atoms with Gasteiger partial charge in [-0.05, 0) is 20.8 Å². The van der Waals surface area contributed by atoms with Crippen LogP contribution < -0.4 is 0 Å². The third kappa shape index (κ3) is 4.27. The number of hydrogen-bond donors (Lipinski definition) is 0. The van der Waals surface area contributed by atoms with Crippen molar-refractivity contribution >= 4 is 28.5 Å². The third-order valence-electron chi connectivity index (χ3n) is 2.73. The molecule has 1 heterocycles. The van der Waals surface area contributed by atoms with Crippen molar-refractivity contribution < 1.29 is 13.0 Å². The molecule has 0 N–H and O–H groups in total. The zero-order chi connectivity index (χ0) is 16.3. The number of hydrogen-bond acceptors (Lipinski definition) is 3. The van der Waals surface area contributed by atoms with E-state index in [-0.39, 0.29) is 5.56 Å². The minimum absolute atomic E-state index is 0.0114. The summed E-state index contributed by atoms with van der Waals surface area (Å²) in [6, 6.07) is 6.02. The van der Waals surface area contributed by atoms with Gasteiger partial charge in [-0.25, -0.2) is 18.0 Å². The van der Waals surface area contributed by atoms with Gasteiger partial charge in [-0.15, -0.1) is 11.3 Å². The van der Waals surface area contributed by atoms with E-state index in [1.54, 1.807) is 18.3 Å². The molecule has 0 saturated carbocycles. The van der Waals surface area contributed by atoms with Crippen LogP contribution in [-0.4, -0.2) is 20.2 Å². The Hall–Kier alpha value is -1.47. The predicted molar refractivity (Wildman–Crippen MR) is 88.0 cm³/mol. The first-order valence-corrected chi connectivity index (χ1v) is 8.50. The summed E-state index contributed by atoms with van der Waals surface area (Å²) in [7, 11) is -1.32. The Kier molecular flexibility index (Phi) is 5.18. The summed E-state index contributed by atoms with van der Waals surface area (Å²) >= 11 is 1.37. The van der Waals surface area contributed by atoms with Crippen LogP contribution in [0.25, 0.3) is 10.6 Å². The topological polar surface area (TPSA) is 42.3 Å². The zero-order valence-electron chi connectivity index (χ0n) is 12.4. The number of thiazole rings is 1. The second kappa shape index (κ2) is 6.75. The van der Waals surface area contributed by atoms with E-state index in [1.807, 2.05) is 20.8 Å². The molecule has 118 valence electrons. The van der Waals surface area contributed by atoms with Crippen molar-refractivity contribution in [1.29, 1.82) is 0 Å². The Labute approximate surface area is 134 Å². The van der Waals surface area contributed by atoms with Gasteiger partial charge in [-0.3, -0.25) is 0 Å². The fraction of sp³-hybridized carbons (Fsp3) is 0.333. The lowest BCUT2D eigenvalue weighted by Crippen LogP contribution is -2.19. The van der Waals surface area contributed by atoms with E-state index in [4.69, 9.17) is 0 Å². The van der Waals surface area contributed by atoms with Crippen molar-refractivity contribution in [3.05, 3.63) is 40.9 Å². The molecule has 0 aliphatic carbocycles. The Morgan fingerprint density at radius 1 is 1.27 bits per heavy atom. The van der Waals surface area contributed by atoms with Crippen molar-refractivity contribution in [2.45, 2.75) is 31.9 Å². The zero-order valence-corrected chi connectivity index (χ0v) is 14.0. The molecule has 1 atom stereocenters. The van der Waals surface area contributed by atoms with E-state index < -0.39 is 22.2 Å². The molecule has 2 rings (SSSR count). The summed E-state index contributed by atoms with van der Waals surface area (Å²) in [5.74, 6) is 0. The molecule has 22 heavy (non-hydrogen) atoms. The number of aromatic nitrogens is 1. The van der Waals surface area contributed by atoms with Crippen LogP contribution in [0.3, 0.4) is 0 Å². The molecule has 0 bridgehead atoms. The fourth-order valence-corrected chi connectivity index (χ4v) is 2.89. The molecule has 0 radical (unpaired) electrons. The molecule has 1 aromatic heterocycles. The molecule has 0 amide bonds. The molecule has 7 heteroatoms. The van der Waals surface area contributed by atoms with E-state index in [2.05, 4.69) is 9.38 Å². The summed E-state index contributed by atoms with van der Waals surface area (Å²) in [4.78, 5) is 5.01. The van der Waals surface area contributed by atoms with Gasteiger partial charge < -0.3 is 0 Å². The van der Waals surface area contributed by atoms with E-state index in [1.165, 1.54) is 29.7 Å². The SMILES string of the molecule is CC(C)(C)S(=O)N=Cc1cnc(-c2ccc(C(F)F)cc2)s1. The van der Waals surface area contributed by atoms with Crippen molar-refractivity contribution in [3.63, 3.8) is 0 Å². The second-order valence-electron chi connectivity index (χ2n) is 5.59. The molecule has 1 aromatic carbocycles. The maximum atomic E-state index is 12.5. The summed E-state index contributed by atoms with van der Waals surface area (Å²) in [5, 5.41) is 0.712. The Bertz CT molecular complexity index is 688. The number of benzene rings is 1. The van der Waals surface area contributed by atoms with Crippen LogP contribution in [0, 0.1) is 0 Å². The standard InChI is InChI=1S/C15H16F2N2OS2/c1-15(2,3)22(20)19-9-12-8-18-14(21-12)11-6-4-10(5-7-11)13(16)17/h4-9,13H,1-3H3. The first kappa shape index (κ1) is 16.9. The van der Waals surface area contributed by atoms with Crippen LogP contribution in [0.5, 0.6) is 0 Å². The predicted octanol–water partition coefficient (Wildman–Crippen LogP) is 4.63. The number of rotatable bonds is 4. The molecular weight excluding hydrogens is 326 g/mol.